The molecule has 0 atom stereocenters. The Hall–Kier alpha value is -0.640. The van der Waals surface area contributed by atoms with E-state index in [0.29, 0.717) is 0 Å². The minimum absolute atomic E-state index is 0.632. The molecule has 1 aliphatic carbocycles. The maximum Gasteiger partial charge on any atom is 0.170 e. The summed E-state index contributed by atoms with van der Waals surface area (Å²) in [7, 11) is 1.62. The average molecular weight is 212 g/mol. The molecule has 3 heteroatoms. The summed E-state index contributed by atoms with van der Waals surface area (Å²) in [5.74, 6) is 0. The fourth-order valence-electron chi connectivity index (χ4n) is 1.67. The van der Waals surface area contributed by atoms with Gasteiger partial charge in [0.1, 0.15) is 5.60 Å². The lowest BCUT2D eigenvalue weighted by molar-refractivity contribution is -0.861. The van der Waals surface area contributed by atoms with Gasteiger partial charge in [-0.25, -0.2) is 4.84 Å². The zero-order chi connectivity index (χ0) is 11.1. The molecule has 0 unspecified atom stereocenters. The van der Waals surface area contributed by atoms with Crippen LogP contribution < -0.4 is 5.48 Å². The zero-order valence-electron chi connectivity index (χ0n) is 9.70. The van der Waals surface area contributed by atoms with Gasteiger partial charge in [0.15, 0.2) is 5.70 Å². The SMILES string of the molecule is CCC/C=C\C=C(/[NH2+]OC)C1(O)CCC1. The molecule has 0 aliphatic heterocycles. The van der Waals surface area contributed by atoms with Crippen LogP contribution in [0.4, 0.5) is 0 Å². The van der Waals surface area contributed by atoms with Crippen LogP contribution in [0.25, 0.3) is 0 Å². The maximum absolute atomic E-state index is 10.1. The van der Waals surface area contributed by atoms with Crippen molar-refractivity contribution in [2.75, 3.05) is 7.11 Å². The molecule has 0 radical (unpaired) electrons. The first-order chi connectivity index (χ1) is 7.23. The molecular weight excluding hydrogens is 190 g/mol. The molecular formula is C12H22NO2+. The summed E-state index contributed by atoms with van der Waals surface area (Å²) >= 11 is 0. The molecule has 0 amide bonds. The Labute approximate surface area is 91.8 Å². The first kappa shape index (κ1) is 12.4. The van der Waals surface area contributed by atoms with Gasteiger partial charge in [0.05, 0.1) is 7.11 Å². The maximum atomic E-state index is 10.1. The lowest BCUT2D eigenvalue weighted by atomic mass is 9.77. The van der Waals surface area contributed by atoms with E-state index >= 15 is 0 Å². The number of nitrogens with two attached hydrogens (primary N) is 1. The molecule has 0 heterocycles. The Kier molecular flexibility index (Phi) is 5.02. The summed E-state index contributed by atoms with van der Waals surface area (Å²) in [5.41, 5.74) is 1.91. The third-order valence-corrected chi connectivity index (χ3v) is 2.83. The first-order valence-corrected chi connectivity index (χ1v) is 5.68. The van der Waals surface area contributed by atoms with Crippen LogP contribution in [0.5, 0.6) is 0 Å². The highest BCUT2D eigenvalue weighted by Gasteiger charge is 2.41. The lowest BCUT2D eigenvalue weighted by Gasteiger charge is -2.35. The third kappa shape index (κ3) is 3.45. The van der Waals surface area contributed by atoms with Gasteiger partial charge in [-0.15, -0.1) is 0 Å². The van der Waals surface area contributed by atoms with Gasteiger partial charge in [-0.05, 0) is 25.7 Å². The Balaban J connectivity index is 2.56. The topological polar surface area (TPSA) is 46.1 Å². The largest absolute Gasteiger partial charge is 0.379 e. The molecule has 86 valence electrons. The van der Waals surface area contributed by atoms with Crippen LogP contribution >= 0.6 is 0 Å². The number of quaternary nitrogens is 1. The molecule has 3 N–H and O–H groups in total. The minimum Gasteiger partial charge on any atom is -0.379 e. The monoisotopic (exact) mass is 212 g/mol. The molecule has 1 aliphatic rings. The number of rotatable bonds is 6. The van der Waals surface area contributed by atoms with E-state index in [1.807, 2.05) is 12.2 Å². The summed E-state index contributed by atoms with van der Waals surface area (Å²) in [5, 5.41) is 10.1. The molecule has 0 spiro atoms. The van der Waals surface area contributed by atoms with E-state index in [1.165, 1.54) is 0 Å². The van der Waals surface area contributed by atoms with Gasteiger partial charge < -0.3 is 5.11 Å². The predicted molar refractivity (Wildman–Crippen MR) is 59.9 cm³/mol. The molecule has 0 saturated heterocycles. The van der Waals surface area contributed by atoms with Crippen molar-refractivity contribution in [2.45, 2.75) is 44.6 Å². The minimum atomic E-state index is -0.632. The van der Waals surface area contributed by atoms with Crippen LogP contribution in [0.3, 0.4) is 0 Å². The fourth-order valence-corrected chi connectivity index (χ4v) is 1.67. The second-order valence-corrected chi connectivity index (χ2v) is 4.08. The number of aliphatic hydroxyl groups is 1. The smallest absolute Gasteiger partial charge is 0.170 e. The van der Waals surface area contributed by atoms with Crippen LogP contribution in [0, 0.1) is 0 Å². The van der Waals surface area contributed by atoms with E-state index in [9.17, 15) is 5.11 Å². The van der Waals surface area contributed by atoms with Crippen molar-refractivity contribution < 1.29 is 15.4 Å². The van der Waals surface area contributed by atoms with Crippen LogP contribution in [0.2, 0.25) is 0 Å². The predicted octanol–water partition coefficient (Wildman–Crippen LogP) is 1.27. The Morgan fingerprint density at radius 3 is 2.73 bits per heavy atom. The van der Waals surface area contributed by atoms with E-state index in [1.54, 1.807) is 12.6 Å². The molecule has 15 heavy (non-hydrogen) atoms. The van der Waals surface area contributed by atoms with Gasteiger partial charge in [0, 0.05) is 6.08 Å². The summed E-state index contributed by atoms with van der Waals surface area (Å²) in [6, 6.07) is 0. The van der Waals surface area contributed by atoms with Crippen molar-refractivity contribution in [1.29, 1.82) is 0 Å². The molecule has 1 rings (SSSR count). The van der Waals surface area contributed by atoms with Gasteiger partial charge in [0.2, 0.25) is 0 Å². The van der Waals surface area contributed by atoms with E-state index in [2.05, 4.69) is 13.0 Å². The van der Waals surface area contributed by atoms with Crippen molar-refractivity contribution in [1.82, 2.24) is 0 Å². The van der Waals surface area contributed by atoms with Gasteiger partial charge in [-0.3, -0.25) is 0 Å². The molecule has 1 fully saturated rings. The van der Waals surface area contributed by atoms with E-state index in [4.69, 9.17) is 4.84 Å². The molecule has 0 bridgehead atoms. The standard InChI is InChI=1S/C12H21NO2/c1-3-4-5-6-8-11(13-15-2)12(14)9-7-10-12/h5-6,8,13-14H,3-4,7,9-10H2,1-2H3/p+1/b6-5-,11-8-. The highest BCUT2D eigenvalue weighted by Crippen LogP contribution is 2.35. The highest BCUT2D eigenvalue weighted by atomic mass is 16.6. The molecule has 0 aromatic carbocycles. The van der Waals surface area contributed by atoms with Crippen molar-refractivity contribution in [3.8, 4) is 0 Å². The van der Waals surface area contributed by atoms with Crippen LogP contribution in [0.1, 0.15) is 39.0 Å². The summed E-state index contributed by atoms with van der Waals surface area (Å²) in [4.78, 5) is 5.00. The van der Waals surface area contributed by atoms with Crippen molar-refractivity contribution in [2.24, 2.45) is 0 Å². The van der Waals surface area contributed by atoms with Gasteiger partial charge in [-0.1, -0.05) is 25.5 Å². The third-order valence-electron chi connectivity index (χ3n) is 2.83. The van der Waals surface area contributed by atoms with E-state index < -0.39 is 5.60 Å². The average Bonchev–Trinajstić information content (AvgIpc) is 2.19. The van der Waals surface area contributed by atoms with E-state index in [0.717, 1.165) is 37.8 Å². The van der Waals surface area contributed by atoms with Gasteiger partial charge >= 0.3 is 0 Å². The van der Waals surface area contributed by atoms with Crippen molar-refractivity contribution in [3.05, 3.63) is 23.9 Å². The number of hydrogen-bond donors (Lipinski definition) is 2. The molecule has 0 aromatic heterocycles. The van der Waals surface area contributed by atoms with E-state index in [-0.39, 0.29) is 0 Å². The molecule has 3 nitrogen and oxygen atoms in total. The number of hydroxylamine groups is 1. The molecule has 0 aromatic rings. The second kappa shape index (κ2) is 6.05. The normalized spacial score (nSPS) is 20.6. The summed E-state index contributed by atoms with van der Waals surface area (Å²) in [6.45, 7) is 2.15. The zero-order valence-corrected chi connectivity index (χ0v) is 9.70. The Morgan fingerprint density at radius 1 is 1.53 bits per heavy atom. The fraction of sp³-hybridized carbons (Fsp3) is 0.667. The number of unbranched alkanes of at least 4 members (excludes halogenated alkanes) is 1. The Morgan fingerprint density at radius 2 is 2.27 bits per heavy atom. The second-order valence-electron chi connectivity index (χ2n) is 4.08. The quantitative estimate of drug-likeness (QED) is 0.514. The van der Waals surface area contributed by atoms with Gasteiger partial charge in [0.25, 0.3) is 0 Å². The number of allylic oxidation sites excluding steroid dienone is 3. The number of hydrogen-bond acceptors (Lipinski definition) is 2. The highest BCUT2D eigenvalue weighted by molar-refractivity contribution is 5.17. The lowest BCUT2D eigenvalue weighted by Crippen LogP contribution is -2.84. The van der Waals surface area contributed by atoms with Crippen LogP contribution in [0.15, 0.2) is 23.9 Å². The van der Waals surface area contributed by atoms with Crippen LogP contribution in [-0.4, -0.2) is 17.8 Å². The van der Waals surface area contributed by atoms with Crippen molar-refractivity contribution >= 4 is 0 Å². The summed E-state index contributed by atoms with van der Waals surface area (Å²) < 4.78 is 0. The molecule has 1 saturated carbocycles. The van der Waals surface area contributed by atoms with Crippen LogP contribution in [-0.2, 0) is 4.84 Å². The Bertz CT molecular complexity index is 242. The van der Waals surface area contributed by atoms with Gasteiger partial charge in [-0.2, -0.15) is 5.48 Å². The summed E-state index contributed by atoms with van der Waals surface area (Å²) in [6.07, 6.45) is 11.1. The first-order valence-electron chi connectivity index (χ1n) is 5.68. The van der Waals surface area contributed by atoms with Crippen molar-refractivity contribution in [3.63, 3.8) is 0 Å².